The molecule has 1 radical (unpaired) electrons. The zero-order chi connectivity index (χ0) is 32.6. The fourth-order valence-corrected chi connectivity index (χ4v) is 6.31. The maximum absolute atomic E-state index is 15.9. The molecule has 5 aromatic rings. The maximum atomic E-state index is 15.9. The van der Waals surface area contributed by atoms with E-state index in [1.54, 1.807) is 47.2 Å². The number of ether oxygens (including phenoxy) is 1. The molecule has 1 saturated carbocycles. The fraction of sp³-hybridized carbons (Fsp3) is 0.441. The minimum Gasteiger partial charge on any atom is -0.388 e. The van der Waals surface area contributed by atoms with Gasteiger partial charge in [0.05, 0.1) is 23.5 Å². The van der Waals surface area contributed by atoms with Gasteiger partial charge in [-0.1, -0.05) is 54.9 Å². The number of halogens is 1. The number of hydrogen-bond acceptors (Lipinski definition) is 8. The number of fused-ring (bicyclic) bond motifs is 1. The first-order valence-corrected chi connectivity index (χ1v) is 15.8. The van der Waals surface area contributed by atoms with Crippen molar-refractivity contribution in [3.63, 3.8) is 0 Å². The average Bonchev–Trinajstić information content (AvgIpc) is 3.69. The molecule has 1 atom stereocenters. The van der Waals surface area contributed by atoms with Crippen LogP contribution in [0.25, 0.3) is 28.3 Å². The van der Waals surface area contributed by atoms with E-state index in [1.165, 1.54) is 12.4 Å². The van der Waals surface area contributed by atoms with Gasteiger partial charge in [0, 0.05) is 75.0 Å². The molecule has 3 heterocycles. The quantitative estimate of drug-likeness (QED) is 0.201. The molecule has 243 valence electrons. The normalized spacial score (nSPS) is 17.5. The standard InChI is InChI=1S/C34H39FN6O5.K/c1-5-8-29-27(17-22-12-11-21(18-28(22)35)25-9-6-7-10-26(25)30-38-33(43)46-39-30)31(42)40(32-36-19-37-41(29)32)23-13-15-24(16-14-23)45-20(2)34(3,4)44;/h6-7,9-12,18-20,23-24,44H,5,8,13-17H2,1-4H3,(H,38,39,43);. The Balaban J connectivity index is 0.00000433. The summed E-state index contributed by atoms with van der Waals surface area (Å²) in [7, 11) is 0. The number of aryl methyl sites for hydroxylation is 1. The molecule has 3 aromatic heterocycles. The molecule has 0 aliphatic heterocycles. The third-order valence-corrected chi connectivity index (χ3v) is 9.07. The Hall–Kier alpha value is -2.78. The first kappa shape index (κ1) is 35.5. The number of rotatable bonds is 10. The summed E-state index contributed by atoms with van der Waals surface area (Å²) in [5, 5.41) is 18.6. The average molecular weight is 670 g/mol. The number of benzene rings is 2. The van der Waals surface area contributed by atoms with Crippen LogP contribution >= 0.6 is 0 Å². The molecular formula is C34H39FKN6O5. The number of nitrogens with one attached hydrogen (secondary N) is 1. The number of aliphatic hydroxyl groups is 1. The van der Waals surface area contributed by atoms with E-state index in [0.717, 1.165) is 25.0 Å². The molecule has 2 aromatic carbocycles. The van der Waals surface area contributed by atoms with E-state index in [2.05, 4.69) is 24.7 Å². The Bertz CT molecular complexity index is 1970. The van der Waals surface area contributed by atoms with Crippen molar-refractivity contribution in [2.45, 2.75) is 96.5 Å². The Labute approximate surface area is 314 Å². The molecule has 1 unspecified atom stereocenters. The Morgan fingerprint density at radius 3 is 2.49 bits per heavy atom. The zero-order valence-corrected chi connectivity index (χ0v) is 30.6. The van der Waals surface area contributed by atoms with E-state index >= 15 is 4.39 Å². The molecule has 1 aliphatic carbocycles. The van der Waals surface area contributed by atoms with Gasteiger partial charge in [0.15, 0.2) is 5.82 Å². The predicted octanol–water partition coefficient (Wildman–Crippen LogP) is 4.86. The van der Waals surface area contributed by atoms with E-state index in [4.69, 9.17) is 4.74 Å². The second kappa shape index (κ2) is 14.8. The third-order valence-electron chi connectivity index (χ3n) is 9.07. The van der Waals surface area contributed by atoms with E-state index in [0.29, 0.717) is 52.9 Å². The van der Waals surface area contributed by atoms with E-state index < -0.39 is 17.2 Å². The van der Waals surface area contributed by atoms with Crippen molar-refractivity contribution in [1.82, 2.24) is 29.3 Å². The van der Waals surface area contributed by atoms with Crippen molar-refractivity contribution in [2.75, 3.05) is 0 Å². The summed E-state index contributed by atoms with van der Waals surface area (Å²) in [6.45, 7) is 7.38. The Kier molecular flexibility index (Phi) is 11.2. The SMILES string of the molecule is CCCc1c(Cc2ccc(-c3ccccc3-c3noc(=O)[nH]3)cc2F)c(=O)n(C2CCC(OC(C)C(C)(C)O)CC2)c2ncnn12.[K]. The predicted molar refractivity (Wildman–Crippen MR) is 176 cm³/mol. The van der Waals surface area contributed by atoms with Gasteiger partial charge in [0.25, 0.3) is 5.56 Å². The van der Waals surface area contributed by atoms with Crippen LogP contribution < -0.4 is 11.3 Å². The summed E-state index contributed by atoms with van der Waals surface area (Å²) in [6.07, 6.45) is 5.48. The number of hydrogen-bond donors (Lipinski definition) is 2. The van der Waals surface area contributed by atoms with Crippen LogP contribution in [0.4, 0.5) is 4.39 Å². The van der Waals surface area contributed by atoms with Crippen LogP contribution in [0.3, 0.4) is 0 Å². The van der Waals surface area contributed by atoms with Gasteiger partial charge in [-0.3, -0.25) is 18.9 Å². The summed E-state index contributed by atoms with van der Waals surface area (Å²) in [4.78, 5) is 32.9. The fourth-order valence-electron chi connectivity index (χ4n) is 6.31. The molecule has 1 fully saturated rings. The minimum absolute atomic E-state index is 0. The smallest absolute Gasteiger partial charge is 0.388 e. The molecule has 6 rings (SSSR count). The summed E-state index contributed by atoms with van der Waals surface area (Å²) in [5.41, 5.74) is 2.36. The number of H-pyrrole nitrogens is 1. The molecular weight excluding hydrogens is 631 g/mol. The van der Waals surface area contributed by atoms with Crippen molar-refractivity contribution in [3.05, 3.63) is 92.3 Å². The molecule has 0 bridgehead atoms. The van der Waals surface area contributed by atoms with Crippen LogP contribution in [0.1, 0.15) is 82.7 Å². The van der Waals surface area contributed by atoms with Gasteiger partial charge in [-0.2, -0.15) is 10.1 Å². The number of nitrogens with zero attached hydrogens (tertiary/aromatic N) is 5. The van der Waals surface area contributed by atoms with Crippen LogP contribution in [-0.4, -0.2) is 104 Å². The van der Waals surface area contributed by atoms with Crippen molar-refractivity contribution < 1.29 is 18.8 Å². The largest absolute Gasteiger partial charge is 0.439 e. The molecule has 2 N–H and O–H groups in total. The summed E-state index contributed by atoms with van der Waals surface area (Å²) >= 11 is 0. The van der Waals surface area contributed by atoms with Crippen LogP contribution in [0.15, 0.2) is 62.9 Å². The van der Waals surface area contributed by atoms with E-state index in [1.807, 2.05) is 26.0 Å². The summed E-state index contributed by atoms with van der Waals surface area (Å²) in [6, 6.07) is 12.0. The second-order valence-electron chi connectivity index (χ2n) is 12.7. The number of aromatic nitrogens is 6. The van der Waals surface area contributed by atoms with Crippen molar-refractivity contribution in [1.29, 1.82) is 0 Å². The van der Waals surface area contributed by atoms with Gasteiger partial charge in [-0.05, 0) is 75.6 Å². The van der Waals surface area contributed by atoms with Crippen LogP contribution in [-0.2, 0) is 17.6 Å². The van der Waals surface area contributed by atoms with Gasteiger partial charge in [-0.15, -0.1) is 0 Å². The van der Waals surface area contributed by atoms with Crippen molar-refractivity contribution in [2.24, 2.45) is 0 Å². The summed E-state index contributed by atoms with van der Waals surface area (Å²) < 4.78 is 30.2. The van der Waals surface area contributed by atoms with Gasteiger partial charge in [0.2, 0.25) is 5.78 Å². The minimum atomic E-state index is -0.945. The van der Waals surface area contributed by atoms with Crippen LogP contribution in [0.2, 0.25) is 0 Å². The molecule has 0 amide bonds. The van der Waals surface area contributed by atoms with Gasteiger partial charge in [-0.25, -0.2) is 13.7 Å². The van der Waals surface area contributed by atoms with E-state index in [-0.39, 0.29) is 87.4 Å². The molecule has 11 nitrogen and oxygen atoms in total. The topological polar surface area (TPSA) is 141 Å². The van der Waals surface area contributed by atoms with Gasteiger partial charge < -0.3 is 9.84 Å². The Morgan fingerprint density at radius 1 is 1.13 bits per heavy atom. The number of aromatic amines is 1. The van der Waals surface area contributed by atoms with Gasteiger partial charge >= 0.3 is 5.76 Å². The van der Waals surface area contributed by atoms with Gasteiger partial charge in [0.1, 0.15) is 12.1 Å². The first-order chi connectivity index (χ1) is 22.0. The maximum Gasteiger partial charge on any atom is 0.439 e. The molecule has 0 saturated heterocycles. The van der Waals surface area contributed by atoms with Crippen molar-refractivity contribution >= 4 is 57.2 Å². The Morgan fingerprint density at radius 2 is 1.85 bits per heavy atom. The molecule has 13 heteroatoms. The third kappa shape index (κ3) is 7.46. The van der Waals surface area contributed by atoms with Crippen LogP contribution in [0, 0.1) is 5.82 Å². The molecule has 1 aliphatic rings. The molecule has 0 spiro atoms. The zero-order valence-electron chi connectivity index (χ0n) is 27.5. The first-order valence-electron chi connectivity index (χ1n) is 15.8. The second-order valence-corrected chi connectivity index (χ2v) is 12.7. The summed E-state index contributed by atoms with van der Waals surface area (Å²) in [5.74, 6) is -0.384. The van der Waals surface area contributed by atoms with Crippen LogP contribution in [0.5, 0.6) is 0 Å². The van der Waals surface area contributed by atoms with E-state index in [9.17, 15) is 14.7 Å². The molecule has 47 heavy (non-hydrogen) atoms. The monoisotopic (exact) mass is 669 g/mol. The van der Waals surface area contributed by atoms with Crippen molar-refractivity contribution in [3.8, 4) is 22.5 Å².